The summed E-state index contributed by atoms with van der Waals surface area (Å²) in [5, 5.41) is 0. The fourth-order valence-electron chi connectivity index (χ4n) is 3.85. The molecule has 2 fully saturated rings. The minimum atomic E-state index is 0.340. The van der Waals surface area contributed by atoms with Gasteiger partial charge in [0.05, 0.1) is 0 Å². The van der Waals surface area contributed by atoms with Gasteiger partial charge in [0.1, 0.15) is 0 Å². The maximum Gasteiger partial charge on any atom is 0.0331 e. The molecule has 1 saturated heterocycles. The molecule has 1 heterocycles. The van der Waals surface area contributed by atoms with Crippen molar-refractivity contribution >= 4 is 0 Å². The second kappa shape index (κ2) is 5.50. The van der Waals surface area contributed by atoms with Crippen molar-refractivity contribution in [2.75, 3.05) is 19.6 Å². The van der Waals surface area contributed by atoms with E-state index < -0.39 is 0 Å². The van der Waals surface area contributed by atoms with Crippen LogP contribution < -0.4 is 5.73 Å². The van der Waals surface area contributed by atoms with E-state index in [1.165, 1.54) is 58.0 Å². The lowest BCUT2D eigenvalue weighted by Crippen LogP contribution is -2.56. The largest absolute Gasteiger partial charge is 0.329 e. The average molecular weight is 252 g/mol. The fraction of sp³-hybridized carbons (Fsp3) is 1.00. The summed E-state index contributed by atoms with van der Waals surface area (Å²) in [7, 11) is 0. The monoisotopic (exact) mass is 252 g/mol. The van der Waals surface area contributed by atoms with Crippen LogP contribution in [0.2, 0.25) is 0 Å². The van der Waals surface area contributed by atoms with Gasteiger partial charge in [-0.15, -0.1) is 0 Å². The molecular formula is C16H32N2. The lowest BCUT2D eigenvalue weighted by atomic mass is 9.76. The molecule has 0 aromatic heterocycles. The van der Waals surface area contributed by atoms with E-state index in [0.29, 0.717) is 11.0 Å². The first-order valence-corrected chi connectivity index (χ1v) is 7.93. The quantitative estimate of drug-likeness (QED) is 0.816. The van der Waals surface area contributed by atoms with E-state index in [0.717, 1.165) is 12.5 Å². The second-order valence-corrected chi connectivity index (χ2v) is 7.62. The third-order valence-corrected chi connectivity index (χ3v) is 5.60. The predicted molar refractivity (Wildman–Crippen MR) is 78.6 cm³/mol. The van der Waals surface area contributed by atoms with Crippen molar-refractivity contribution < 1.29 is 0 Å². The maximum atomic E-state index is 6.19. The van der Waals surface area contributed by atoms with E-state index >= 15 is 0 Å². The SMILES string of the molecule is CC1CCC(CN)(N2CCCC(C)(C)CC2)CC1. The highest BCUT2D eigenvalue weighted by Gasteiger charge is 2.39. The number of hydrogen-bond acceptors (Lipinski definition) is 2. The van der Waals surface area contributed by atoms with Crippen molar-refractivity contribution in [1.82, 2.24) is 4.90 Å². The number of rotatable bonds is 2. The second-order valence-electron chi connectivity index (χ2n) is 7.62. The first-order valence-electron chi connectivity index (χ1n) is 7.93. The summed E-state index contributed by atoms with van der Waals surface area (Å²) in [4.78, 5) is 2.76. The Labute approximate surface area is 113 Å². The molecule has 2 aliphatic rings. The molecule has 106 valence electrons. The smallest absolute Gasteiger partial charge is 0.0331 e. The third kappa shape index (κ3) is 3.08. The van der Waals surface area contributed by atoms with Gasteiger partial charge in [0.15, 0.2) is 0 Å². The zero-order valence-electron chi connectivity index (χ0n) is 12.7. The van der Waals surface area contributed by atoms with Crippen LogP contribution in [0, 0.1) is 11.3 Å². The Kier molecular flexibility index (Phi) is 4.38. The molecule has 2 N–H and O–H groups in total. The van der Waals surface area contributed by atoms with Crippen LogP contribution in [0.1, 0.15) is 65.7 Å². The Morgan fingerprint density at radius 2 is 1.72 bits per heavy atom. The summed E-state index contributed by atoms with van der Waals surface area (Å²) in [5.41, 5.74) is 7.07. The van der Waals surface area contributed by atoms with E-state index in [9.17, 15) is 0 Å². The Bertz CT molecular complexity index is 264. The lowest BCUT2D eigenvalue weighted by molar-refractivity contribution is 0.0453. The molecule has 2 heteroatoms. The molecule has 1 aliphatic heterocycles. The van der Waals surface area contributed by atoms with Crippen LogP contribution in [-0.4, -0.2) is 30.1 Å². The van der Waals surface area contributed by atoms with Crippen molar-refractivity contribution in [2.24, 2.45) is 17.1 Å². The summed E-state index contributed by atoms with van der Waals surface area (Å²) >= 11 is 0. The summed E-state index contributed by atoms with van der Waals surface area (Å²) in [6.45, 7) is 10.6. The summed E-state index contributed by atoms with van der Waals surface area (Å²) in [6.07, 6.45) is 9.46. The summed E-state index contributed by atoms with van der Waals surface area (Å²) in [5.74, 6) is 0.910. The maximum absolute atomic E-state index is 6.19. The molecule has 1 saturated carbocycles. The van der Waals surface area contributed by atoms with Crippen LogP contribution in [0.3, 0.4) is 0 Å². The third-order valence-electron chi connectivity index (χ3n) is 5.60. The lowest BCUT2D eigenvalue weighted by Gasteiger charge is -2.47. The minimum Gasteiger partial charge on any atom is -0.329 e. The highest BCUT2D eigenvalue weighted by molar-refractivity contribution is 4.96. The summed E-state index contributed by atoms with van der Waals surface area (Å²) in [6, 6.07) is 0. The van der Waals surface area contributed by atoms with E-state index in [1.807, 2.05) is 0 Å². The van der Waals surface area contributed by atoms with E-state index in [2.05, 4.69) is 25.7 Å². The van der Waals surface area contributed by atoms with Crippen LogP contribution in [0.5, 0.6) is 0 Å². The van der Waals surface area contributed by atoms with Crippen LogP contribution in [0.15, 0.2) is 0 Å². The Morgan fingerprint density at radius 1 is 1.06 bits per heavy atom. The van der Waals surface area contributed by atoms with Crippen LogP contribution >= 0.6 is 0 Å². The molecular weight excluding hydrogens is 220 g/mol. The molecule has 0 aromatic carbocycles. The van der Waals surface area contributed by atoms with Gasteiger partial charge in [-0.3, -0.25) is 4.90 Å². The van der Waals surface area contributed by atoms with Gasteiger partial charge in [-0.25, -0.2) is 0 Å². The molecule has 0 unspecified atom stereocenters. The van der Waals surface area contributed by atoms with E-state index in [-0.39, 0.29) is 0 Å². The van der Waals surface area contributed by atoms with Crippen molar-refractivity contribution in [3.63, 3.8) is 0 Å². The molecule has 0 atom stereocenters. The fourth-order valence-corrected chi connectivity index (χ4v) is 3.85. The highest BCUT2D eigenvalue weighted by Crippen LogP contribution is 2.39. The summed E-state index contributed by atoms with van der Waals surface area (Å²) < 4.78 is 0. The predicted octanol–water partition coefficient (Wildman–Crippen LogP) is 3.41. The first kappa shape index (κ1) is 14.3. The zero-order valence-corrected chi connectivity index (χ0v) is 12.7. The van der Waals surface area contributed by atoms with Gasteiger partial charge in [0.2, 0.25) is 0 Å². The van der Waals surface area contributed by atoms with Crippen molar-refractivity contribution in [3.05, 3.63) is 0 Å². The number of likely N-dealkylation sites (tertiary alicyclic amines) is 1. The minimum absolute atomic E-state index is 0.340. The topological polar surface area (TPSA) is 29.3 Å². The number of nitrogens with zero attached hydrogens (tertiary/aromatic N) is 1. The Hall–Kier alpha value is -0.0800. The molecule has 2 nitrogen and oxygen atoms in total. The molecule has 0 aromatic rings. The highest BCUT2D eigenvalue weighted by atomic mass is 15.2. The number of nitrogens with two attached hydrogens (primary N) is 1. The molecule has 18 heavy (non-hydrogen) atoms. The van der Waals surface area contributed by atoms with Crippen LogP contribution in [-0.2, 0) is 0 Å². The first-order chi connectivity index (χ1) is 8.47. The van der Waals surface area contributed by atoms with Crippen molar-refractivity contribution in [3.8, 4) is 0 Å². The van der Waals surface area contributed by atoms with Gasteiger partial charge in [0, 0.05) is 12.1 Å². The van der Waals surface area contributed by atoms with Gasteiger partial charge >= 0.3 is 0 Å². The molecule has 0 spiro atoms. The normalized spacial score (nSPS) is 38.3. The average Bonchev–Trinajstić information content (AvgIpc) is 2.52. The van der Waals surface area contributed by atoms with Gasteiger partial charge in [-0.05, 0) is 69.4 Å². The van der Waals surface area contributed by atoms with Gasteiger partial charge in [-0.2, -0.15) is 0 Å². The van der Waals surface area contributed by atoms with Gasteiger partial charge in [0.25, 0.3) is 0 Å². The molecule has 2 rings (SSSR count). The molecule has 0 radical (unpaired) electrons. The Morgan fingerprint density at radius 3 is 2.33 bits per heavy atom. The van der Waals surface area contributed by atoms with E-state index in [1.54, 1.807) is 0 Å². The van der Waals surface area contributed by atoms with Gasteiger partial charge in [-0.1, -0.05) is 20.8 Å². The Balaban J connectivity index is 2.03. The van der Waals surface area contributed by atoms with Crippen LogP contribution in [0.4, 0.5) is 0 Å². The zero-order chi connectivity index (χ0) is 13.2. The molecule has 0 bridgehead atoms. The van der Waals surface area contributed by atoms with E-state index in [4.69, 9.17) is 5.73 Å². The van der Waals surface area contributed by atoms with Gasteiger partial charge < -0.3 is 5.73 Å². The molecule has 0 amide bonds. The number of hydrogen-bond donors (Lipinski definition) is 1. The van der Waals surface area contributed by atoms with Crippen LogP contribution in [0.25, 0.3) is 0 Å². The standard InChI is InChI=1S/C16H32N2/c1-14-5-8-16(13-17,9-6-14)18-11-4-7-15(2,3)10-12-18/h14H,4-13,17H2,1-3H3. The van der Waals surface area contributed by atoms with Crippen molar-refractivity contribution in [2.45, 2.75) is 71.3 Å². The van der Waals surface area contributed by atoms with Crippen molar-refractivity contribution in [1.29, 1.82) is 0 Å². The molecule has 1 aliphatic carbocycles.